The lowest BCUT2D eigenvalue weighted by atomic mass is 10.2. The molecule has 2 rings (SSSR count). The van der Waals surface area contributed by atoms with E-state index >= 15 is 0 Å². The first-order valence-corrected chi connectivity index (χ1v) is 5.61. The van der Waals surface area contributed by atoms with E-state index in [1.165, 1.54) is 0 Å². The predicted octanol–water partition coefficient (Wildman–Crippen LogP) is 0.380. The van der Waals surface area contributed by atoms with E-state index in [2.05, 4.69) is 34.7 Å². The number of rotatable bonds is 6. The summed E-state index contributed by atoms with van der Waals surface area (Å²) in [5.74, 6) is 0.909. The summed E-state index contributed by atoms with van der Waals surface area (Å²) in [4.78, 5) is 0. The number of nitrogens with zero attached hydrogens (tertiary/aromatic N) is 4. The highest BCUT2D eigenvalue weighted by Crippen LogP contribution is 2.55. The van der Waals surface area contributed by atoms with Crippen LogP contribution in [0.2, 0.25) is 0 Å². The van der Waals surface area contributed by atoms with Crippen molar-refractivity contribution < 1.29 is 4.74 Å². The van der Waals surface area contributed by atoms with Crippen molar-refractivity contribution in [1.29, 1.82) is 0 Å². The van der Waals surface area contributed by atoms with Gasteiger partial charge >= 0.3 is 0 Å². The van der Waals surface area contributed by atoms with E-state index in [1.54, 1.807) is 7.11 Å². The van der Waals surface area contributed by atoms with Gasteiger partial charge in [-0.3, -0.25) is 0 Å². The van der Waals surface area contributed by atoms with Gasteiger partial charge in [0.2, 0.25) is 0 Å². The summed E-state index contributed by atoms with van der Waals surface area (Å²) in [7, 11) is 1.69. The SMILES string of the molecule is COCCNCc1nnnn1C1CC1(C)C. The fourth-order valence-corrected chi connectivity index (χ4v) is 1.80. The van der Waals surface area contributed by atoms with Crippen LogP contribution in [0.25, 0.3) is 0 Å². The van der Waals surface area contributed by atoms with Crippen molar-refractivity contribution in [2.75, 3.05) is 20.3 Å². The summed E-state index contributed by atoms with van der Waals surface area (Å²) in [6.45, 7) is 6.69. The smallest absolute Gasteiger partial charge is 0.165 e. The zero-order valence-corrected chi connectivity index (χ0v) is 10.1. The van der Waals surface area contributed by atoms with E-state index in [4.69, 9.17) is 4.74 Å². The molecule has 1 aliphatic rings. The molecule has 0 saturated heterocycles. The third-order valence-electron chi connectivity index (χ3n) is 3.08. The zero-order valence-electron chi connectivity index (χ0n) is 10.1. The van der Waals surface area contributed by atoms with Gasteiger partial charge in [-0.25, -0.2) is 4.68 Å². The van der Waals surface area contributed by atoms with Crippen LogP contribution in [0.15, 0.2) is 0 Å². The van der Waals surface area contributed by atoms with Crippen molar-refractivity contribution in [2.24, 2.45) is 5.41 Å². The number of aromatic nitrogens is 4. The van der Waals surface area contributed by atoms with Gasteiger partial charge in [0, 0.05) is 13.7 Å². The van der Waals surface area contributed by atoms with Crippen LogP contribution >= 0.6 is 0 Å². The summed E-state index contributed by atoms with van der Waals surface area (Å²) in [5.41, 5.74) is 0.344. The maximum absolute atomic E-state index is 4.96. The van der Waals surface area contributed by atoms with E-state index in [9.17, 15) is 0 Å². The highest BCUT2D eigenvalue weighted by molar-refractivity contribution is 5.02. The number of methoxy groups -OCH3 is 1. The van der Waals surface area contributed by atoms with Gasteiger partial charge in [-0.2, -0.15) is 0 Å². The summed E-state index contributed by atoms with van der Waals surface area (Å²) in [6, 6.07) is 0.460. The number of ether oxygens (including phenoxy) is 1. The third-order valence-corrected chi connectivity index (χ3v) is 3.08. The van der Waals surface area contributed by atoms with Crippen molar-refractivity contribution in [2.45, 2.75) is 32.9 Å². The van der Waals surface area contributed by atoms with E-state index in [0.29, 0.717) is 24.6 Å². The number of tetrazole rings is 1. The van der Waals surface area contributed by atoms with Crippen LogP contribution in [0.5, 0.6) is 0 Å². The van der Waals surface area contributed by atoms with Gasteiger partial charge in [0.25, 0.3) is 0 Å². The summed E-state index contributed by atoms with van der Waals surface area (Å²) >= 11 is 0. The van der Waals surface area contributed by atoms with Crippen LogP contribution in [-0.4, -0.2) is 40.5 Å². The minimum Gasteiger partial charge on any atom is -0.383 e. The summed E-state index contributed by atoms with van der Waals surface area (Å²) < 4.78 is 6.91. The van der Waals surface area contributed by atoms with Gasteiger partial charge in [-0.15, -0.1) is 5.10 Å². The van der Waals surface area contributed by atoms with Gasteiger partial charge in [0.15, 0.2) is 5.82 Å². The van der Waals surface area contributed by atoms with Gasteiger partial charge in [0.05, 0.1) is 19.2 Å². The molecule has 6 heteroatoms. The fraction of sp³-hybridized carbons (Fsp3) is 0.900. The molecule has 0 amide bonds. The van der Waals surface area contributed by atoms with E-state index < -0.39 is 0 Å². The molecular formula is C10H19N5O. The maximum atomic E-state index is 4.96. The van der Waals surface area contributed by atoms with Crippen LogP contribution in [0.4, 0.5) is 0 Å². The second-order valence-electron chi connectivity index (χ2n) is 4.92. The van der Waals surface area contributed by atoms with Crippen molar-refractivity contribution in [1.82, 2.24) is 25.5 Å². The molecule has 1 saturated carbocycles. The average Bonchev–Trinajstić information content (AvgIpc) is 2.69. The minimum atomic E-state index is 0.344. The molecule has 1 atom stereocenters. The second-order valence-corrected chi connectivity index (χ2v) is 4.92. The van der Waals surface area contributed by atoms with E-state index in [-0.39, 0.29) is 0 Å². The minimum absolute atomic E-state index is 0.344. The molecule has 6 nitrogen and oxygen atoms in total. The second kappa shape index (κ2) is 4.47. The molecule has 0 bridgehead atoms. The molecule has 0 radical (unpaired) electrons. The Morgan fingerprint density at radius 2 is 2.31 bits per heavy atom. The van der Waals surface area contributed by atoms with Crippen LogP contribution in [0.1, 0.15) is 32.1 Å². The highest BCUT2D eigenvalue weighted by Gasteiger charge is 2.48. The van der Waals surface area contributed by atoms with E-state index in [1.807, 2.05) is 4.68 Å². The predicted molar refractivity (Wildman–Crippen MR) is 58.8 cm³/mol. The molecule has 90 valence electrons. The molecule has 0 aromatic carbocycles. The van der Waals surface area contributed by atoms with E-state index in [0.717, 1.165) is 18.8 Å². The van der Waals surface area contributed by atoms with Crippen LogP contribution < -0.4 is 5.32 Å². The average molecular weight is 225 g/mol. The first-order chi connectivity index (χ1) is 7.65. The molecule has 1 aromatic heterocycles. The zero-order chi connectivity index (χ0) is 11.6. The Balaban J connectivity index is 1.88. The highest BCUT2D eigenvalue weighted by atomic mass is 16.5. The number of nitrogens with one attached hydrogen (secondary N) is 1. The molecule has 1 fully saturated rings. The van der Waals surface area contributed by atoms with Crippen LogP contribution in [0.3, 0.4) is 0 Å². The van der Waals surface area contributed by atoms with Gasteiger partial charge < -0.3 is 10.1 Å². The Hall–Kier alpha value is -1.01. The Morgan fingerprint density at radius 1 is 1.56 bits per heavy atom. The lowest BCUT2D eigenvalue weighted by molar-refractivity contribution is 0.198. The van der Waals surface area contributed by atoms with Gasteiger partial charge in [-0.05, 0) is 22.3 Å². The Bertz CT molecular complexity index is 349. The maximum Gasteiger partial charge on any atom is 0.165 e. The number of hydrogen-bond donors (Lipinski definition) is 1. The van der Waals surface area contributed by atoms with Crippen LogP contribution in [0, 0.1) is 5.41 Å². The number of hydrogen-bond acceptors (Lipinski definition) is 5. The third kappa shape index (κ3) is 2.38. The molecule has 1 heterocycles. The molecule has 1 aliphatic carbocycles. The van der Waals surface area contributed by atoms with Crippen LogP contribution in [-0.2, 0) is 11.3 Å². The molecule has 1 N–H and O–H groups in total. The Morgan fingerprint density at radius 3 is 2.94 bits per heavy atom. The largest absolute Gasteiger partial charge is 0.383 e. The molecule has 16 heavy (non-hydrogen) atoms. The van der Waals surface area contributed by atoms with Crippen molar-refractivity contribution in [3.05, 3.63) is 5.82 Å². The molecular weight excluding hydrogens is 206 g/mol. The lowest BCUT2D eigenvalue weighted by Crippen LogP contribution is -2.21. The monoisotopic (exact) mass is 225 g/mol. The quantitative estimate of drug-likeness (QED) is 0.709. The summed E-state index contributed by atoms with van der Waals surface area (Å²) in [5, 5.41) is 15.1. The van der Waals surface area contributed by atoms with Crippen molar-refractivity contribution in [3.8, 4) is 0 Å². The van der Waals surface area contributed by atoms with Crippen molar-refractivity contribution >= 4 is 0 Å². The molecule has 0 aliphatic heterocycles. The first-order valence-electron chi connectivity index (χ1n) is 5.61. The standard InChI is InChI=1S/C10H19N5O/c1-10(2)6-8(10)15-9(12-13-14-15)7-11-4-5-16-3/h8,11H,4-7H2,1-3H3. The fourth-order valence-electron chi connectivity index (χ4n) is 1.80. The Kier molecular flexibility index (Phi) is 3.20. The van der Waals surface area contributed by atoms with Gasteiger partial charge in [-0.1, -0.05) is 13.8 Å². The molecule has 0 spiro atoms. The molecule has 1 aromatic rings. The normalized spacial score (nSPS) is 22.3. The summed E-state index contributed by atoms with van der Waals surface area (Å²) in [6.07, 6.45) is 1.16. The van der Waals surface area contributed by atoms with Crippen molar-refractivity contribution in [3.63, 3.8) is 0 Å². The first kappa shape index (κ1) is 11.5. The Labute approximate surface area is 95.4 Å². The topological polar surface area (TPSA) is 64.9 Å². The molecule has 1 unspecified atom stereocenters. The lowest BCUT2D eigenvalue weighted by Gasteiger charge is -2.07. The van der Waals surface area contributed by atoms with Gasteiger partial charge in [0.1, 0.15) is 0 Å².